The second-order valence-corrected chi connectivity index (χ2v) is 8.50. The highest BCUT2D eigenvalue weighted by molar-refractivity contribution is 5.75. The molecule has 2 saturated heterocycles. The number of carbonyl (C=O) groups is 1. The van der Waals surface area contributed by atoms with Gasteiger partial charge in [0.1, 0.15) is 17.4 Å². The summed E-state index contributed by atoms with van der Waals surface area (Å²) in [6.07, 6.45) is 2.86. The number of carbonyl (C=O) groups excluding carboxylic acids is 1. The van der Waals surface area contributed by atoms with E-state index in [1.807, 2.05) is 44.2 Å². The van der Waals surface area contributed by atoms with Gasteiger partial charge in [0, 0.05) is 57.3 Å². The van der Waals surface area contributed by atoms with E-state index in [4.69, 9.17) is 9.72 Å². The van der Waals surface area contributed by atoms with E-state index in [1.165, 1.54) is 5.56 Å². The van der Waals surface area contributed by atoms with Crippen molar-refractivity contribution in [2.24, 2.45) is 11.8 Å². The number of amides is 2. The van der Waals surface area contributed by atoms with Gasteiger partial charge in [-0.2, -0.15) is 0 Å². The third-order valence-electron chi connectivity index (χ3n) is 6.39. The maximum Gasteiger partial charge on any atom is 0.320 e. The second kappa shape index (κ2) is 8.13. The maximum atomic E-state index is 13.0. The van der Waals surface area contributed by atoms with E-state index in [0.29, 0.717) is 11.8 Å². The Kier molecular flexibility index (Phi) is 5.54. The molecule has 2 aromatic rings. The molecule has 2 aliphatic heterocycles. The molecule has 0 saturated carbocycles. The number of nitrogens with zero attached hydrogens (tertiary/aromatic N) is 5. The highest BCUT2D eigenvalue weighted by atomic mass is 16.5. The third kappa shape index (κ3) is 3.57. The smallest absolute Gasteiger partial charge is 0.320 e. The Hall–Kier alpha value is -2.83. The van der Waals surface area contributed by atoms with Crippen LogP contribution in [0.5, 0.6) is 5.75 Å². The average Bonchev–Trinajstić information content (AvgIpc) is 3.31. The summed E-state index contributed by atoms with van der Waals surface area (Å²) in [4.78, 5) is 28.2. The highest BCUT2D eigenvalue weighted by Crippen LogP contribution is 2.46. The van der Waals surface area contributed by atoms with Gasteiger partial charge in [0.05, 0.1) is 13.2 Å². The molecular formula is C23H31N5O2. The number of rotatable bonds is 4. The monoisotopic (exact) mass is 409 g/mol. The van der Waals surface area contributed by atoms with Gasteiger partial charge in [-0.15, -0.1) is 0 Å². The zero-order valence-electron chi connectivity index (χ0n) is 18.5. The zero-order chi connectivity index (χ0) is 21.4. The summed E-state index contributed by atoms with van der Waals surface area (Å²) in [5.74, 6) is 3.47. The highest BCUT2D eigenvalue weighted by Gasteiger charge is 2.50. The molecule has 0 unspecified atom stereocenters. The van der Waals surface area contributed by atoms with Crippen LogP contribution in [0.25, 0.3) is 0 Å². The topological polar surface area (TPSA) is 61.8 Å². The van der Waals surface area contributed by atoms with E-state index in [0.717, 1.165) is 49.0 Å². The van der Waals surface area contributed by atoms with Crippen molar-refractivity contribution in [3.05, 3.63) is 47.4 Å². The lowest BCUT2D eigenvalue weighted by atomic mass is 9.89. The zero-order valence-corrected chi connectivity index (χ0v) is 18.5. The van der Waals surface area contributed by atoms with Crippen LogP contribution in [0.3, 0.4) is 0 Å². The van der Waals surface area contributed by atoms with Crippen LogP contribution in [0.15, 0.2) is 30.5 Å². The quantitative estimate of drug-likeness (QED) is 0.776. The van der Waals surface area contributed by atoms with Crippen molar-refractivity contribution >= 4 is 11.8 Å². The van der Waals surface area contributed by atoms with E-state index >= 15 is 0 Å². The van der Waals surface area contributed by atoms with E-state index in [-0.39, 0.29) is 12.1 Å². The lowest BCUT2D eigenvalue weighted by molar-refractivity contribution is 0.159. The summed E-state index contributed by atoms with van der Waals surface area (Å²) in [7, 11) is 5.32. The number of aromatic nitrogens is 2. The first kappa shape index (κ1) is 20.4. The lowest BCUT2D eigenvalue weighted by Crippen LogP contribution is -2.41. The van der Waals surface area contributed by atoms with Crippen molar-refractivity contribution in [1.29, 1.82) is 0 Å². The fraction of sp³-hybridized carbons (Fsp3) is 0.522. The molecule has 2 fully saturated rings. The van der Waals surface area contributed by atoms with Crippen molar-refractivity contribution in [2.75, 3.05) is 45.7 Å². The molecule has 0 aliphatic carbocycles. The fourth-order valence-corrected chi connectivity index (χ4v) is 4.91. The van der Waals surface area contributed by atoms with Gasteiger partial charge >= 0.3 is 6.03 Å². The van der Waals surface area contributed by atoms with Crippen molar-refractivity contribution in [2.45, 2.75) is 26.3 Å². The van der Waals surface area contributed by atoms with Gasteiger partial charge in [0.25, 0.3) is 0 Å². The standard InChI is InChI=1S/C23H31N5O2/c1-6-16-11-24-15(2)25-22(16)27-12-18-13-28(23(29)26(3)4)21(20(18)14-27)17-7-9-19(30-5)10-8-17/h7-11,18,20-21H,6,12-14H2,1-5H3/t18-,20-,21+/m1/s1. The van der Waals surface area contributed by atoms with Crippen molar-refractivity contribution in [3.63, 3.8) is 0 Å². The number of hydrogen-bond donors (Lipinski definition) is 0. The number of fused-ring (bicyclic) bond motifs is 1. The van der Waals surface area contributed by atoms with Gasteiger partial charge in [-0.05, 0) is 31.0 Å². The molecule has 7 nitrogen and oxygen atoms in total. The summed E-state index contributed by atoms with van der Waals surface area (Å²) in [6.45, 7) is 6.66. The van der Waals surface area contributed by atoms with E-state index in [9.17, 15) is 4.79 Å². The lowest BCUT2D eigenvalue weighted by Gasteiger charge is -2.32. The van der Waals surface area contributed by atoms with E-state index < -0.39 is 0 Å². The molecular weight excluding hydrogens is 378 g/mol. The number of methoxy groups -OCH3 is 1. The van der Waals surface area contributed by atoms with Gasteiger partial charge in [-0.3, -0.25) is 0 Å². The van der Waals surface area contributed by atoms with Crippen molar-refractivity contribution in [1.82, 2.24) is 19.8 Å². The summed E-state index contributed by atoms with van der Waals surface area (Å²) in [6, 6.07) is 8.28. The van der Waals surface area contributed by atoms with Gasteiger partial charge in [-0.1, -0.05) is 19.1 Å². The minimum absolute atomic E-state index is 0.0498. The van der Waals surface area contributed by atoms with Crippen LogP contribution in [0, 0.1) is 18.8 Å². The molecule has 30 heavy (non-hydrogen) atoms. The Morgan fingerprint density at radius 2 is 1.93 bits per heavy atom. The molecule has 2 amide bonds. The Labute approximate surface area is 178 Å². The van der Waals surface area contributed by atoms with Crippen LogP contribution in [0.2, 0.25) is 0 Å². The number of hydrogen-bond acceptors (Lipinski definition) is 5. The Bertz CT molecular complexity index is 914. The minimum atomic E-state index is 0.0498. The molecule has 160 valence electrons. The van der Waals surface area contributed by atoms with Gasteiger partial charge in [0.15, 0.2) is 0 Å². The molecule has 4 rings (SSSR count). The van der Waals surface area contributed by atoms with Crippen molar-refractivity contribution < 1.29 is 9.53 Å². The summed E-state index contributed by atoms with van der Waals surface area (Å²) >= 11 is 0. The predicted molar refractivity (Wildman–Crippen MR) is 117 cm³/mol. The first-order valence-electron chi connectivity index (χ1n) is 10.6. The largest absolute Gasteiger partial charge is 0.497 e. The van der Waals surface area contributed by atoms with E-state index in [1.54, 1.807) is 12.0 Å². The molecule has 0 radical (unpaired) electrons. The van der Waals surface area contributed by atoms with Crippen LogP contribution in [0.1, 0.15) is 29.9 Å². The van der Waals surface area contributed by atoms with Crippen LogP contribution in [0.4, 0.5) is 10.6 Å². The second-order valence-electron chi connectivity index (χ2n) is 8.50. The maximum absolute atomic E-state index is 13.0. The van der Waals surface area contributed by atoms with Crippen LogP contribution < -0.4 is 9.64 Å². The first-order chi connectivity index (χ1) is 14.4. The molecule has 0 N–H and O–H groups in total. The van der Waals surface area contributed by atoms with Gasteiger partial charge < -0.3 is 19.4 Å². The number of urea groups is 1. The molecule has 1 aromatic carbocycles. The minimum Gasteiger partial charge on any atom is -0.497 e. The Morgan fingerprint density at radius 1 is 1.20 bits per heavy atom. The SMILES string of the molecule is CCc1cnc(C)nc1N1C[C@@H]2CN(C(=O)N(C)C)[C@@H](c3ccc(OC)cc3)[C@@H]2C1. The predicted octanol–water partition coefficient (Wildman–Crippen LogP) is 3.15. The molecule has 0 spiro atoms. The molecule has 0 bridgehead atoms. The number of ether oxygens (including phenoxy) is 1. The van der Waals surface area contributed by atoms with Crippen LogP contribution >= 0.6 is 0 Å². The fourth-order valence-electron chi connectivity index (χ4n) is 4.91. The van der Waals surface area contributed by atoms with Crippen molar-refractivity contribution in [3.8, 4) is 5.75 Å². The summed E-state index contributed by atoms with van der Waals surface area (Å²) in [5.41, 5.74) is 2.35. The number of anilines is 1. The third-order valence-corrected chi connectivity index (χ3v) is 6.39. The number of aryl methyl sites for hydroxylation is 2. The van der Waals surface area contributed by atoms with Crippen LogP contribution in [-0.4, -0.2) is 66.6 Å². The molecule has 1 aromatic heterocycles. The molecule has 2 aliphatic rings. The number of likely N-dealkylation sites (tertiary alicyclic amines) is 1. The van der Waals surface area contributed by atoms with E-state index in [2.05, 4.69) is 28.9 Å². The van der Waals surface area contributed by atoms with Gasteiger partial charge in [-0.25, -0.2) is 14.8 Å². The normalized spacial score (nSPS) is 22.9. The molecule has 3 heterocycles. The summed E-state index contributed by atoms with van der Waals surface area (Å²) < 4.78 is 5.33. The Balaban J connectivity index is 1.66. The van der Waals surface area contributed by atoms with Crippen LogP contribution in [-0.2, 0) is 6.42 Å². The van der Waals surface area contributed by atoms with Gasteiger partial charge in [0.2, 0.25) is 0 Å². The Morgan fingerprint density at radius 3 is 2.57 bits per heavy atom. The molecule has 3 atom stereocenters. The first-order valence-corrected chi connectivity index (χ1v) is 10.6. The average molecular weight is 410 g/mol. The number of benzene rings is 1. The summed E-state index contributed by atoms with van der Waals surface area (Å²) in [5, 5.41) is 0. The molecule has 7 heteroatoms.